The molecule has 2 fully saturated rings. The topological polar surface area (TPSA) is 74.3 Å². The lowest BCUT2D eigenvalue weighted by Gasteiger charge is -2.37. The third-order valence-electron chi connectivity index (χ3n) is 13.7. The predicted molar refractivity (Wildman–Crippen MR) is 275 cm³/mol. The van der Waals surface area contributed by atoms with E-state index in [1.54, 1.807) is 0 Å². The minimum absolute atomic E-state index is 0.0664. The second-order valence-electron chi connectivity index (χ2n) is 19.7. The Balaban J connectivity index is 1.76. The van der Waals surface area contributed by atoms with Crippen LogP contribution in [0.15, 0.2) is 60.8 Å². The number of esters is 2. The Hall–Kier alpha value is -2.48. The van der Waals surface area contributed by atoms with Crippen LogP contribution in [0.25, 0.3) is 0 Å². The van der Waals surface area contributed by atoms with E-state index in [0.717, 1.165) is 83.7 Å². The van der Waals surface area contributed by atoms with Gasteiger partial charge in [-0.15, -0.1) is 0 Å². The summed E-state index contributed by atoms with van der Waals surface area (Å²) in [5.41, 5.74) is -0.435. The van der Waals surface area contributed by atoms with Gasteiger partial charge in [0.2, 0.25) is 0 Å². The Morgan fingerprint density at radius 2 is 1.15 bits per heavy atom. The van der Waals surface area contributed by atoms with Crippen LogP contribution in [0.1, 0.15) is 220 Å². The highest BCUT2D eigenvalue weighted by atomic mass is 16.6. The van der Waals surface area contributed by atoms with Crippen LogP contribution < -0.4 is 0 Å². The molecule has 1 heterocycles. The van der Waals surface area contributed by atoms with Crippen molar-refractivity contribution in [3.05, 3.63) is 60.8 Å². The number of rotatable bonds is 41. The van der Waals surface area contributed by atoms with Crippen LogP contribution in [0.3, 0.4) is 0 Å². The van der Waals surface area contributed by atoms with Gasteiger partial charge in [-0.25, -0.2) is 0 Å². The zero-order chi connectivity index (χ0) is 46.9. The van der Waals surface area contributed by atoms with Crippen LogP contribution >= 0.6 is 0 Å². The number of piperidine rings is 1. The van der Waals surface area contributed by atoms with Crippen molar-refractivity contribution >= 4 is 11.9 Å². The SMILES string of the molecule is CC/C=C\CC1C(CC(=O)OCC(COCCCCCCCC/C=C\C/C=C\CCCC)OCCCCCCCC/C=C\C/C=C\CCCCC)CCC1OC(=O)C1(C)CCN(C)CC1. The molecule has 0 radical (unpaired) electrons. The first-order chi connectivity index (χ1) is 31.8. The van der Waals surface area contributed by atoms with Gasteiger partial charge in [0.1, 0.15) is 18.8 Å². The molecule has 2 aliphatic rings. The zero-order valence-electron chi connectivity index (χ0n) is 42.9. The Labute approximate surface area is 401 Å². The molecule has 7 heteroatoms. The number of ether oxygens (including phenoxy) is 4. The fourth-order valence-electron chi connectivity index (χ4n) is 9.03. The molecule has 1 aliphatic carbocycles. The monoisotopic (exact) mass is 908 g/mol. The van der Waals surface area contributed by atoms with Gasteiger partial charge in [0.25, 0.3) is 0 Å². The molecule has 0 aromatic carbocycles. The number of carbonyl (C=O) groups is 2. The van der Waals surface area contributed by atoms with E-state index in [9.17, 15) is 9.59 Å². The van der Waals surface area contributed by atoms with E-state index in [2.05, 4.69) is 100 Å². The fraction of sp³-hybridized carbons (Fsp3) is 0.793. The standard InChI is InChI=1S/C58H101NO6/c1-6-9-12-14-16-18-20-22-24-26-28-30-32-34-36-39-48-63-53(50-62-47-38-35-33-31-29-27-25-23-21-19-17-15-13-10-7-2)51-64-56(60)49-52-41-42-55(54(52)40-37-11-8-3)65-57(61)58(4)43-45-59(5)46-44-58/h11,15-18,21-24,37,52-55H,6-10,12-14,19-20,25-36,38-51H2,1-5H3/b17-15-,18-16-,23-21-,24-22-,37-11-. The maximum absolute atomic E-state index is 13.5. The van der Waals surface area contributed by atoms with Crippen molar-refractivity contribution in [1.29, 1.82) is 0 Å². The summed E-state index contributed by atoms with van der Waals surface area (Å²) in [6.45, 7) is 12.5. The normalized spacial score (nSPS) is 19.8. The van der Waals surface area contributed by atoms with Crippen molar-refractivity contribution in [2.24, 2.45) is 17.3 Å². The number of carbonyl (C=O) groups excluding carboxylic acids is 2. The maximum Gasteiger partial charge on any atom is 0.312 e. The summed E-state index contributed by atoms with van der Waals surface area (Å²) in [6.07, 6.45) is 55.8. The van der Waals surface area contributed by atoms with Gasteiger partial charge in [0.05, 0.1) is 12.0 Å². The van der Waals surface area contributed by atoms with Crippen LogP contribution in [0.5, 0.6) is 0 Å². The van der Waals surface area contributed by atoms with Gasteiger partial charge in [0.15, 0.2) is 0 Å². The van der Waals surface area contributed by atoms with Crippen LogP contribution in [-0.4, -0.2) is 75.6 Å². The number of likely N-dealkylation sites (tertiary alicyclic amines) is 1. The Bertz CT molecular complexity index is 1290. The molecule has 4 atom stereocenters. The Kier molecular flexibility index (Phi) is 36.6. The molecule has 7 nitrogen and oxygen atoms in total. The van der Waals surface area contributed by atoms with Crippen LogP contribution in [0.4, 0.5) is 0 Å². The number of hydrogen-bond acceptors (Lipinski definition) is 7. The second-order valence-corrected chi connectivity index (χ2v) is 19.7. The maximum atomic E-state index is 13.5. The molecule has 374 valence electrons. The first-order valence-corrected chi connectivity index (χ1v) is 27.3. The van der Waals surface area contributed by atoms with E-state index in [0.29, 0.717) is 26.2 Å². The van der Waals surface area contributed by atoms with Gasteiger partial charge < -0.3 is 23.8 Å². The van der Waals surface area contributed by atoms with Crippen LogP contribution in [0.2, 0.25) is 0 Å². The zero-order valence-corrected chi connectivity index (χ0v) is 42.9. The highest BCUT2D eigenvalue weighted by Gasteiger charge is 2.43. The molecule has 0 amide bonds. The largest absolute Gasteiger partial charge is 0.463 e. The molecule has 0 aromatic heterocycles. The number of unbranched alkanes of at least 4 members (excludes halogenated alkanes) is 17. The first-order valence-electron chi connectivity index (χ1n) is 27.3. The number of allylic oxidation sites excluding steroid dienone is 10. The lowest BCUT2D eigenvalue weighted by Crippen LogP contribution is -2.43. The fourth-order valence-corrected chi connectivity index (χ4v) is 9.03. The summed E-state index contributed by atoms with van der Waals surface area (Å²) in [7, 11) is 2.11. The number of hydrogen-bond donors (Lipinski definition) is 0. The van der Waals surface area contributed by atoms with E-state index in [1.165, 1.54) is 116 Å². The van der Waals surface area contributed by atoms with E-state index in [-0.39, 0.29) is 42.6 Å². The minimum atomic E-state index is -0.435. The summed E-state index contributed by atoms with van der Waals surface area (Å²) in [6, 6.07) is 0. The third-order valence-corrected chi connectivity index (χ3v) is 13.7. The molecule has 65 heavy (non-hydrogen) atoms. The molecule has 0 N–H and O–H groups in total. The summed E-state index contributed by atoms with van der Waals surface area (Å²) in [5.74, 6) is -0.0122. The molecule has 0 spiro atoms. The average molecular weight is 908 g/mol. The molecular formula is C58H101NO6. The highest BCUT2D eigenvalue weighted by molar-refractivity contribution is 5.77. The molecule has 2 rings (SSSR count). The van der Waals surface area contributed by atoms with Gasteiger partial charge in [-0.2, -0.15) is 0 Å². The van der Waals surface area contributed by atoms with Gasteiger partial charge >= 0.3 is 11.9 Å². The molecule has 1 saturated carbocycles. The third kappa shape index (κ3) is 30.5. The molecule has 0 bridgehead atoms. The lowest BCUT2D eigenvalue weighted by molar-refractivity contribution is -0.165. The summed E-state index contributed by atoms with van der Waals surface area (Å²) in [5, 5.41) is 0. The van der Waals surface area contributed by atoms with Gasteiger partial charge in [-0.05, 0) is 142 Å². The molecule has 1 saturated heterocycles. The Morgan fingerprint density at radius 1 is 0.615 bits per heavy atom. The van der Waals surface area contributed by atoms with Crippen molar-refractivity contribution in [1.82, 2.24) is 4.90 Å². The smallest absolute Gasteiger partial charge is 0.312 e. The predicted octanol–water partition coefficient (Wildman–Crippen LogP) is 15.6. The molecule has 1 aliphatic heterocycles. The van der Waals surface area contributed by atoms with Crippen molar-refractivity contribution in [2.75, 3.05) is 46.6 Å². The van der Waals surface area contributed by atoms with Crippen LogP contribution in [-0.2, 0) is 28.5 Å². The molecular weight excluding hydrogens is 807 g/mol. The van der Waals surface area contributed by atoms with E-state index in [4.69, 9.17) is 18.9 Å². The van der Waals surface area contributed by atoms with Gasteiger partial charge in [-0.1, -0.05) is 159 Å². The number of nitrogens with zero attached hydrogens (tertiary/aromatic N) is 1. The molecule has 4 unspecified atom stereocenters. The van der Waals surface area contributed by atoms with Gasteiger partial charge in [-0.3, -0.25) is 9.59 Å². The van der Waals surface area contributed by atoms with E-state index >= 15 is 0 Å². The Morgan fingerprint density at radius 3 is 1.74 bits per heavy atom. The van der Waals surface area contributed by atoms with E-state index in [1.807, 2.05) is 0 Å². The second kappa shape index (κ2) is 40.6. The minimum Gasteiger partial charge on any atom is -0.463 e. The van der Waals surface area contributed by atoms with Crippen LogP contribution in [0, 0.1) is 17.3 Å². The first kappa shape index (κ1) is 58.6. The van der Waals surface area contributed by atoms with Crippen molar-refractivity contribution in [3.63, 3.8) is 0 Å². The van der Waals surface area contributed by atoms with E-state index < -0.39 is 5.41 Å². The quantitative estimate of drug-likeness (QED) is 0.0344. The average Bonchev–Trinajstić information content (AvgIpc) is 3.67. The van der Waals surface area contributed by atoms with Crippen molar-refractivity contribution in [2.45, 2.75) is 233 Å². The lowest BCUT2D eigenvalue weighted by atomic mass is 9.80. The van der Waals surface area contributed by atoms with Gasteiger partial charge in [0, 0.05) is 25.6 Å². The highest BCUT2D eigenvalue weighted by Crippen LogP contribution is 2.41. The molecule has 0 aromatic rings. The summed E-state index contributed by atoms with van der Waals surface area (Å²) >= 11 is 0. The van der Waals surface area contributed by atoms with Crippen molar-refractivity contribution in [3.8, 4) is 0 Å². The summed E-state index contributed by atoms with van der Waals surface area (Å²) < 4.78 is 24.7. The van der Waals surface area contributed by atoms with Crippen molar-refractivity contribution < 1.29 is 28.5 Å². The summed E-state index contributed by atoms with van der Waals surface area (Å²) in [4.78, 5) is 29.2.